The van der Waals surface area contributed by atoms with Gasteiger partial charge in [-0.1, -0.05) is 13.3 Å². The molecule has 1 aromatic carbocycles. The third kappa shape index (κ3) is 3.94. The van der Waals surface area contributed by atoms with E-state index in [1.807, 2.05) is 0 Å². The number of thiol groups is 1. The lowest BCUT2D eigenvalue weighted by atomic mass is 10.2. The Kier molecular flexibility index (Phi) is 5.22. The molecule has 0 radical (unpaired) electrons. The fourth-order valence-electron chi connectivity index (χ4n) is 1.73. The molecule has 0 aliphatic heterocycles. The summed E-state index contributed by atoms with van der Waals surface area (Å²) in [5.74, 6) is 1.11. The van der Waals surface area contributed by atoms with Crippen molar-refractivity contribution in [2.24, 2.45) is 0 Å². The first-order valence-corrected chi connectivity index (χ1v) is 7.64. The summed E-state index contributed by atoms with van der Waals surface area (Å²) in [5, 5.41) is 0.942. The molecule has 19 heavy (non-hydrogen) atoms. The minimum atomic E-state index is -0.260. The van der Waals surface area contributed by atoms with Crippen molar-refractivity contribution < 1.29 is 9.13 Å². The van der Waals surface area contributed by atoms with Crippen molar-refractivity contribution in [1.29, 1.82) is 0 Å². The first kappa shape index (κ1) is 14.3. The van der Waals surface area contributed by atoms with E-state index in [2.05, 4.69) is 24.5 Å². The molecule has 0 saturated heterocycles. The molecule has 2 nitrogen and oxygen atoms in total. The van der Waals surface area contributed by atoms with Crippen molar-refractivity contribution in [1.82, 2.24) is 4.98 Å². The van der Waals surface area contributed by atoms with Crippen LogP contribution in [0.1, 0.15) is 28.9 Å². The van der Waals surface area contributed by atoms with Gasteiger partial charge in [0.05, 0.1) is 5.69 Å². The summed E-state index contributed by atoms with van der Waals surface area (Å²) >= 11 is 5.96. The molecule has 0 spiro atoms. The van der Waals surface area contributed by atoms with Crippen molar-refractivity contribution in [2.45, 2.75) is 32.1 Å². The van der Waals surface area contributed by atoms with Crippen LogP contribution in [0, 0.1) is 5.82 Å². The number of thiazole rings is 1. The lowest BCUT2D eigenvalue weighted by Crippen LogP contribution is -1.95. The highest BCUT2D eigenvalue weighted by molar-refractivity contribution is 7.79. The van der Waals surface area contributed by atoms with E-state index in [9.17, 15) is 4.39 Å². The Bertz CT molecular complexity index is 525. The van der Waals surface area contributed by atoms with Crippen molar-refractivity contribution >= 4 is 24.0 Å². The number of rotatable bonds is 6. The number of aryl methyl sites for hydroxylation is 1. The highest BCUT2D eigenvalue weighted by Gasteiger charge is 2.09. The van der Waals surface area contributed by atoms with Crippen molar-refractivity contribution in [2.75, 3.05) is 0 Å². The largest absolute Gasteiger partial charge is 0.486 e. The molecule has 0 atom stereocenters. The van der Waals surface area contributed by atoms with E-state index in [1.165, 1.54) is 17.0 Å². The summed E-state index contributed by atoms with van der Waals surface area (Å²) in [6.45, 7) is 2.55. The van der Waals surface area contributed by atoms with E-state index >= 15 is 0 Å². The van der Waals surface area contributed by atoms with E-state index in [0.717, 1.165) is 23.5 Å². The molecule has 0 amide bonds. The van der Waals surface area contributed by atoms with Crippen LogP contribution in [0.5, 0.6) is 5.75 Å². The number of aromatic nitrogens is 1. The van der Waals surface area contributed by atoms with Crippen LogP contribution < -0.4 is 4.74 Å². The van der Waals surface area contributed by atoms with Crippen LogP contribution in [0.25, 0.3) is 0 Å². The Hall–Kier alpha value is -1.07. The van der Waals surface area contributed by atoms with Gasteiger partial charge in [0.15, 0.2) is 0 Å². The maximum atomic E-state index is 12.8. The number of halogens is 1. The van der Waals surface area contributed by atoms with Gasteiger partial charge in [0, 0.05) is 10.6 Å². The Morgan fingerprint density at radius 3 is 2.68 bits per heavy atom. The number of hydrogen-bond donors (Lipinski definition) is 1. The van der Waals surface area contributed by atoms with Crippen molar-refractivity contribution in [3.63, 3.8) is 0 Å². The van der Waals surface area contributed by atoms with Gasteiger partial charge in [-0.25, -0.2) is 9.37 Å². The highest BCUT2D eigenvalue weighted by atomic mass is 32.1. The van der Waals surface area contributed by atoms with Crippen LogP contribution in [0.4, 0.5) is 4.39 Å². The lowest BCUT2D eigenvalue weighted by Gasteiger charge is -2.03. The molecule has 0 unspecified atom stereocenters. The quantitative estimate of drug-likeness (QED) is 0.805. The van der Waals surface area contributed by atoms with Gasteiger partial charge in [-0.15, -0.1) is 11.3 Å². The maximum Gasteiger partial charge on any atom is 0.140 e. The summed E-state index contributed by atoms with van der Waals surface area (Å²) in [5.41, 5.74) is 1.13. The first-order valence-electron chi connectivity index (χ1n) is 6.19. The van der Waals surface area contributed by atoms with Gasteiger partial charge in [-0.3, -0.25) is 0 Å². The van der Waals surface area contributed by atoms with E-state index in [-0.39, 0.29) is 5.82 Å². The predicted octanol–water partition coefficient (Wildman–Crippen LogP) is 4.24. The Labute approximate surface area is 122 Å². The molecule has 0 aliphatic carbocycles. The molecule has 0 aliphatic rings. The Morgan fingerprint density at radius 1 is 1.32 bits per heavy atom. The molecule has 0 bridgehead atoms. The zero-order valence-electron chi connectivity index (χ0n) is 10.7. The summed E-state index contributed by atoms with van der Waals surface area (Å²) < 4.78 is 18.4. The van der Waals surface area contributed by atoms with Gasteiger partial charge < -0.3 is 4.74 Å². The molecular weight excluding hydrogens is 281 g/mol. The third-order valence-electron chi connectivity index (χ3n) is 2.63. The van der Waals surface area contributed by atoms with Gasteiger partial charge in [-0.05, 0) is 30.7 Å². The van der Waals surface area contributed by atoms with Crippen molar-refractivity contribution in [3.05, 3.63) is 45.7 Å². The van der Waals surface area contributed by atoms with Crippen LogP contribution in [-0.4, -0.2) is 4.98 Å². The summed E-state index contributed by atoms with van der Waals surface area (Å²) in [6, 6.07) is 6.02. The van der Waals surface area contributed by atoms with E-state index in [1.54, 1.807) is 23.5 Å². The molecule has 5 heteroatoms. The van der Waals surface area contributed by atoms with Crippen LogP contribution in [0.15, 0.2) is 24.3 Å². The van der Waals surface area contributed by atoms with Gasteiger partial charge in [0.2, 0.25) is 0 Å². The summed E-state index contributed by atoms with van der Waals surface area (Å²) in [7, 11) is 0. The topological polar surface area (TPSA) is 22.1 Å². The van der Waals surface area contributed by atoms with E-state index in [4.69, 9.17) is 4.74 Å². The van der Waals surface area contributed by atoms with Crippen LogP contribution in [0.3, 0.4) is 0 Å². The lowest BCUT2D eigenvalue weighted by molar-refractivity contribution is 0.305. The highest BCUT2D eigenvalue weighted by Crippen LogP contribution is 2.23. The fraction of sp³-hybridized carbons (Fsp3) is 0.357. The minimum Gasteiger partial charge on any atom is -0.486 e. The molecule has 2 aromatic rings. The second-order valence-corrected chi connectivity index (χ2v) is 5.61. The zero-order chi connectivity index (χ0) is 13.7. The first-order chi connectivity index (χ1) is 9.22. The SMILES string of the molecule is CCCc1nc(COc2ccc(F)cc2)sc1CS. The fourth-order valence-corrected chi connectivity index (χ4v) is 2.99. The standard InChI is InChI=1S/C14H16FNOS2/c1-2-3-12-13(9-18)19-14(16-12)8-17-11-6-4-10(15)5-7-11/h4-7,18H,2-3,8-9H2,1H3. The summed E-state index contributed by atoms with van der Waals surface area (Å²) in [4.78, 5) is 5.78. The van der Waals surface area contributed by atoms with Crippen LogP contribution in [-0.2, 0) is 18.8 Å². The van der Waals surface area contributed by atoms with Gasteiger partial charge in [-0.2, -0.15) is 12.6 Å². The molecule has 0 fully saturated rings. The van der Waals surface area contributed by atoms with E-state index in [0.29, 0.717) is 18.1 Å². The Balaban J connectivity index is 2.01. The second kappa shape index (κ2) is 6.91. The monoisotopic (exact) mass is 297 g/mol. The summed E-state index contributed by atoms with van der Waals surface area (Å²) in [6.07, 6.45) is 2.05. The Morgan fingerprint density at radius 2 is 2.05 bits per heavy atom. The average Bonchev–Trinajstić information content (AvgIpc) is 2.81. The smallest absolute Gasteiger partial charge is 0.140 e. The molecule has 2 rings (SSSR count). The predicted molar refractivity (Wildman–Crippen MR) is 79.5 cm³/mol. The maximum absolute atomic E-state index is 12.8. The number of ether oxygens (including phenoxy) is 1. The van der Waals surface area contributed by atoms with Gasteiger partial charge in [0.25, 0.3) is 0 Å². The molecule has 102 valence electrons. The normalized spacial score (nSPS) is 10.7. The zero-order valence-corrected chi connectivity index (χ0v) is 12.4. The minimum absolute atomic E-state index is 0.260. The van der Waals surface area contributed by atoms with Gasteiger partial charge in [0.1, 0.15) is 23.2 Å². The van der Waals surface area contributed by atoms with Crippen LogP contribution >= 0.6 is 24.0 Å². The molecular formula is C14H16FNOS2. The average molecular weight is 297 g/mol. The van der Waals surface area contributed by atoms with Gasteiger partial charge >= 0.3 is 0 Å². The van der Waals surface area contributed by atoms with Crippen LogP contribution in [0.2, 0.25) is 0 Å². The molecule has 1 heterocycles. The number of nitrogens with zero attached hydrogens (tertiary/aromatic N) is 1. The van der Waals surface area contributed by atoms with Crippen molar-refractivity contribution in [3.8, 4) is 5.75 Å². The molecule has 1 aromatic heterocycles. The molecule has 0 N–H and O–H groups in total. The molecule has 0 saturated carbocycles. The number of hydrogen-bond acceptors (Lipinski definition) is 4. The second-order valence-electron chi connectivity index (χ2n) is 4.13. The number of benzene rings is 1. The van der Waals surface area contributed by atoms with E-state index < -0.39 is 0 Å². The third-order valence-corrected chi connectivity index (χ3v) is 4.23.